The predicted octanol–water partition coefficient (Wildman–Crippen LogP) is 4.82. The van der Waals surface area contributed by atoms with Crippen LogP contribution in [0.1, 0.15) is 38.4 Å². The molecule has 2 rings (SSSR count). The van der Waals surface area contributed by atoms with Crippen LogP contribution in [-0.2, 0) is 4.74 Å². The van der Waals surface area contributed by atoms with Crippen molar-refractivity contribution in [2.24, 2.45) is 11.8 Å². The summed E-state index contributed by atoms with van der Waals surface area (Å²) >= 11 is 9.84. The third-order valence-electron chi connectivity index (χ3n) is 3.67. The fraction of sp³-hybridized carbons (Fsp3) is 0.625. The number of benzene rings is 1. The molecule has 0 saturated carbocycles. The lowest BCUT2D eigenvalue weighted by Crippen LogP contribution is -2.33. The molecule has 4 heteroatoms. The van der Waals surface area contributed by atoms with E-state index in [1.54, 1.807) is 0 Å². The first-order chi connectivity index (χ1) is 9.58. The maximum absolute atomic E-state index is 6.38. The second kappa shape index (κ2) is 7.79. The summed E-state index contributed by atoms with van der Waals surface area (Å²) in [5, 5.41) is 4.34. The van der Waals surface area contributed by atoms with Gasteiger partial charge in [-0.25, -0.2) is 0 Å². The van der Waals surface area contributed by atoms with Crippen molar-refractivity contribution < 1.29 is 4.74 Å². The molecule has 1 aromatic carbocycles. The zero-order valence-corrected chi connectivity index (χ0v) is 14.5. The fourth-order valence-corrected chi connectivity index (χ4v) is 3.47. The highest BCUT2D eigenvalue weighted by molar-refractivity contribution is 9.10. The van der Waals surface area contributed by atoms with Gasteiger partial charge in [-0.3, -0.25) is 0 Å². The maximum Gasteiger partial charge on any atom is 0.0879 e. The minimum Gasteiger partial charge on any atom is -0.373 e. The average molecular weight is 361 g/mol. The molecule has 1 saturated heterocycles. The van der Waals surface area contributed by atoms with E-state index in [4.69, 9.17) is 16.3 Å². The molecule has 1 fully saturated rings. The fourth-order valence-electron chi connectivity index (χ4n) is 2.69. The summed E-state index contributed by atoms with van der Waals surface area (Å²) in [7, 11) is 0. The third kappa shape index (κ3) is 4.45. The van der Waals surface area contributed by atoms with Crippen molar-refractivity contribution in [3.63, 3.8) is 0 Å². The van der Waals surface area contributed by atoms with E-state index in [1.807, 2.05) is 12.1 Å². The number of ether oxygens (including phenoxy) is 1. The zero-order chi connectivity index (χ0) is 14.5. The Kier molecular flexibility index (Phi) is 6.34. The van der Waals surface area contributed by atoms with E-state index in [2.05, 4.69) is 41.2 Å². The summed E-state index contributed by atoms with van der Waals surface area (Å²) in [6, 6.07) is 6.07. The highest BCUT2D eigenvalue weighted by Gasteiger charge is 2.28. The molecule has 20 heavy (non-hydrogen) atoms. The molecule has 2 atom stereocenters. The van der Waals surface area contributed by atoms with Gasteiger partial charge in [-0.05, 0) is 43.0 Å². The first-order valence-corrected chi connectivity index (χ1v) is 8.52. The summed E-state index contributed by atoms with van der Waals surface area (Å²) in [4.78, 5) is 0. The van der Waals surface area contributed by atoms with E-state index < -0.39 is 0 Å². The first-order valence-electron chi connectivity index (χ1n) is 7.35. The van der Waals surface area contributed by atoms with Crippen LogP contribution >= 0.6 is 27.5 Å². The molecule has 2 nitrogen and oxygen atoms in total. The van der Waals surface area contributed by atoms with Crippen molar-refractivity contribution in [3.8, 4) is 0 Å². The Balaban J connectivity index is 2.06. The van der Waals surface area contributed by atoms with Crippen molar-refractivity contribution in [1.82, 2.24) is 5.32 Å². The molecule has 0 bridgehead atoms. The molecule has 1 N–H and O–H groups in total. The molecular weight excluding hydrogens is 338 g/mol. The van der Waals surface area contributed by atoms with Crippen LogP contribution in [0.25, 0.3) is 0 Å². The topological polar surface area (TPSA) is 21.3 Å². The summed E-state index contributed by atoms with van der Waals surface area (Å²) < 4.78 is 7.03. The van der Waals surface area contributed by atoms with Gasteiger partial charge in [0, 0.05) is 28.6 Å². The summed E-state index contributed by atoms with van der Waals surface area (Å²) in [5.41, 5.74) is 1.12. The number of halogens is 2. The zero-order valence-electron chi connectivity index (χ0n) is 12.2. The van der Waals surface area contributed by atoms with Crippen molar-refractivity contribution >= 4 is 27.5 Å². The van der Waals surface area contributed by atoms with Gasteiger partial charge < -0.3 is 10.1 Å². The predicted molar refractivity (Wildman–Crippen MR) is 88.3 cm³/mol. The van der Waals surface area contributed by atoms with E-state index >= 15 is 0 Å². The average Bonchev–Trinajstić information content (AvgIpc) is 2.39. The quantitative estimate of drug-likeness (QED) is 0.813. The molecular formula is C16H23BrClNO. The lowest BCUT2D eigenvalue weighted by atomic mass is 9.89. The van der Waals surface area contributed by atoms with E-state index in [-0.39, 0.29) is 6.10 Å². The summed E-state index contributed by atoms with van der Waals surface area (Å²) in [6.45, 7) is 7.34. The lowest BCUT2D eigenvalue weighted by Gasteiger charge is -2.33. The van der Waals surface area contributed by atoms with E-state index in [0.29, 0.717) is 11.8 Å². The number of rotatable bonds is 5. The van der Waals surface area contributed by atoms with Crippen LogP contribution in [0.15, 0.2) is 22.7 Å². The molecule has 0 amide bonds. The number of hydrogen-bond acceptors (Lipinski definition) is 2. The van der Waals surface area contributed by atoms with E-state index in [9.17, 15) is 0 Å². The standard InChI is InChI=1S/C16H23BrClNO/c1-11(2)9-19-10-12-4-3-7-20-16(12)14-6-5-13(17)8-15(14)18/h5-6,8,11-12,16,19H,3-4,7,9-10H2,1-2H3. The van der Waals surface area contributed by atoms with Gasteiger partial charge in [0.1, 0.15) is 0 Å². The van der Waals surface area contributed by atoms with Crippen molar-refractivity contribution in [1.29, 1.82) is 0 Å². The third-order valence-corrected chi connectivity index (χ3v) is 4.49. The number of nitrogens with one attached hydrogen (secondary N) is 1. The molecule has 112 valence electrons. The normalized spacial score (nSPS) is 23.2. The molecule has 0 radical (unpaired) electrons. The molecule has 0 aromatic heterocycles. The van der Waals surface area contributed by atoms with Gasteiger partial charge >= 0.3 is 0 Å². The minimum atomic E-state index is 0.115. The number of hydrogen-bond donors (Lipinski definition) is 1. The second-order valence-electron chi connectivity index (χ2n) is 5.91. The molecule has 2 unspecified atom stereocenters. The van der Waals surface area contributed by atoms with Crippen LogP contribution in [0.3, 0.4) is 0 Å². The Morgan fingerprint density at radius 3 is 2.95 bits per heavy atom. The van der Waals surface area contributed by atoms with Gasteiger partial charge in [-0.15, -0.1) is 0 Å². The summed E-state index contributed by atoms with van der Waals surface area (Å²) in [6.07, 6.45) is 2.45. The van der Waals surface area contributed by atoms with Crippen LogP contribution < -0.4 is 5.32 Å². The van der Waals surface area contributed by atoms with Gasteiger partial charge in [0.2, 0.25) is 0 Å². The first kappa shape index (κ1) is 16.3. The maximum atomic E-state index is 6.38. The molecule has 1 aliphatic rings. The van der Waals surface area contributed by atoms with Gasteiger partial charge in [0.25, 0.3) is 0 Å². The smallest absolute Gasteiger partial charge is 0.0879 e. The van der Waals surface area contributed by atoms with E-state index in [0.717, 1.165) is 41.2 Å². The molecule has 1 aliphatic heterocycles. The molecule has 0 aliphatic carbocycles. The molecule has 1 heterocycles. The molecule has 0 spiro atoms. The van der Waals surface area contributed by atoms with Crippen LogP contribution in [-0.4, -0.2) is 19.7 Å². The highest BCUT2D eigenvalue weighted by Crippen LogP contribution is 2.37. The van der Waals surface area contributed by atoms with Crippen LogP contribution in [0, 0.1) is 11.8 Å². The van der Waals surface area contributed by atoms with Crippen molar-refractivity contribution in [2.75, 3.05) is 19.7 Å². The largest absolute Gasteiger partial charge is 0.373 e. The minimum absolute atomic E-state index is 0.115. The van der Waals surface area contributed by atoms with Gasteiger partial charge in [-0.1, -0.05) is 47.4 Å². The van der Waals surface area contributed by atoms with Gasteiger partial charge in [-0.2, -0.15) is 0 Å². The Bertz CT molecular complexity index is 438. The lowest BCUT2D eigenvalue weighted by molar-refractivity contribution is -0.0278. The van der Waals surface area contributed by atoms with Crippen molar-refractivity contribution in [3.05, 3.63) is 33.3 Å². The Hall–Kier alpha value is -0.0900. The van der Waals surface area contributed by atoms with Crippen LogP contribution in [0.5, 0.6) is 0 Å². The SMILES string of the molecule is CC(C)CNCC1CCCOC1c1ccc(Br)cc1Cl. The molecule has 1 aromatic rings. The Labute approximate surface area is 135 Å². The van der Waals surface area contributed by atoms with Gasteiger partial charge in [0.15, 0.2) is 0 Å². The summed E-state index contributed by atoms with van der Waals surface area (Å²) in [5.74, 6) is 1.18. The Morgan fingerprint density at radius 1 is 1.45 bits per heavy atom. The monoisotopic (exact) mass is 359 g/mol. The Morgan fingerprint density at radius 2 is 2.25 bits per heavy atom. The van der Waals surface area contributed by atoms with Crippen molar-refractivity contribution in [2.45, 2.75) is 32.8 Å². The highest BCUT2D eigenvalue weighted by atomic mass is 79.9. The van der Waals surface area contributed by atoms with Crippen LogP contribution in [0.4, 0.5) is 0 Å². The van der Waals surface area contributed by atoms with E-state index in [1.165, 1.54) is 6.42 Å². The van der Waals surface area contributed by atoms with Gasteiger partial charge in [0.05, 0.1) is 6.10 Å². The second-order valence-corrected chi connectivity index (χ2v) is 7.23. The van der Waals surface area contributed by atoms with Crippen LogP contribution in [0.2, 0.25) is 5.02 Å².